The van der Waals surface area contributed by atoms with Crippen LogP contribution in [0.3, 0.4) is 0 Å². The van der Waals surface area contributed by atoms with E-state index in [2.05, 4.69) is 10.6 Å². The minimum Gasteiger partial charge on any atom is -0.397 e. The van der Waals surface area contributed by atoms with Gasteiger partial charge < -0.3 is 16.4 Å². The summed E-state index contributed by atoms with van der Waals surface area (Å²) >= 11 is 0. The van der Waals surface area contributed by atoms with E-state index >= 15 is 0 Å². The molecule has 1 fully saturated rings. The fraction of sp³-hybridized carbons (Fsp3) is 0.417. The van der Waals surface area contributed by atoms with Crippen LogP contribution in [0, 0.1) is 11.6 Å². The molecule has 98 valence electrons. The molecule has 0 heterocycles. The summed E-state index contributed by atoms with van der Waals surface area (Å²) in [6.45, 7) is 0.211. The monoisotopic (exact) mass is 255 g/mol. The van der Waals surface area contributed by atoms with Crippen LogP contribution in [0.2, 0.25) is 0 Å². The summed E-state index contributed by atoms with van der Waals surface area (Å²) in [5.41, 5.74) is 5.56. The summed E-state index contributed by atoms with van der Waals surface area (Å²) in [6, 6.07) is 2.55. The van der Waals surface area contributed by atoms with Gasteiger partial charge in [-0.3, -0.25) is 4.79 Å². The molecule has 1 aromatic carbocycles. The van der Waals surface area contributed by atoms with Gasteiger partial charge >= 0.3 is 0 Å². The van der Waals surface area contributed by atoms with Crippen molar-refractivity contribution in [2.75, 3.05) is 17.6 Å². The zero-order chi connectivity index (χ0) is 13.1. The van der Waals surface area contributed by atoms with Crippen molar-refractivity contribution in [2.24, 2.45) is 0 Å². The lowest BCUT2D eigenvalue weighted by Gasteiger charge is -2.10. The minimum atomic E-state index is -1.02. The molecule has 4 N–H and O–H groups in total. The Morgan fingerprint density at radius 2 is 2.11 bits per heavy atom. The Morgan fingerprint density at radius 1 is 1.39 bits per heavy atom. The highest BCUT2D eigenvalue weighted by molar-refractivity contribution is 5.77. The molecule has 1 amide bonds. The van der Waals surface area contributed by atoms with E-state index in [9.17, 15) is 13.6 Å². The molecule has 0 aliphatic heterocycles. The van der Waals surface area contributed by atoms with E-state index in [-0.39, 0.29) is 30.2 Å². The first-order valence-electron chi connectivity index (χ1n) is 5.84. The lowest BCUT2D eigenvalue weighted by Crippen LogP contribution is -2.27. The zero-order valence-corrected chi connectivity index (χ0v) is 9.80. The van der Waals surface area contributed by atoms with Gasteiger partial charge in [0.15, 0.2) is 11.6 Å². The third-order valence-electron chi connectivity index (χ3n) is 2.72. The van der Waals surface area contributed by atoms with Crippen LogP contribution in [0.4, 0.5) is 20.2 Å². The van der Waals surface area contributed by atoms with Crippen LogP contribution >= 0.6 is 0 Å². The van der Waals surface area contributed by atoms with Crippen LogP contribution in [0.1, 0.15) is 19.3 Å². The normalized spacial score (nSPS) is 14.3. The average Bonchev–Trinajstić information content (AvgIpc) is 3.12. The van der Waals surface area contributed by atoms with Crippen molar-refractivity contribution in [3.05, 3.63) is 23.8 Å². The minimum absolute atomic E-state index is 0.0887. The summed E-state index contributed by atoms with van der Waals surface area (Å²) in [4.78, 5) is 11.4. The molecule has 0 unspecified atom stereocenters. The van der Waals surface area contributed by atoms with E-state index in [1.165, 1.54) is 6.07 Å². The number of nitrogen functional groups attached to an aromatic ring is 1. The molecule has 0 spiro atoms. The maximum atomic E-state index is 13.4. The van der Waals surface area contributed by atoms with E-state index in [0.29, 0.717) is 6.04 Å². The van der Waals surface area contributed by atoms with Gasteiger partial charge in [-0.2, -0.15) is 0 Å². The van der Waals surface area contributed by atoms with Crippen molar-refractivity contribution in [1.82, 2.24) is 5.32 Å². The SMILES string of the molecule is Nc1ccc(F)c(F)c1NCCC(=O)NC1CC1. The average molecular weight is 255 g/mol. The molecule has 0 radical (unpaired) electrons. The molecule has 6 heteroatoms. The molecule has 1 aliphatic rings. The van der Waals surface area contributed by atoms with Gasteiger partial charge in [0.05, 0.1) is 11.4 Å². The van der Waals surface area contributed by atoms with Crippen LogP contribution in [0.25, 0.3) is 0 Å². The first-order chi connectivity index (χ1) is 8.58. The number of carbonyl (C=O) groups is 1. The lowest BCUT2D eigenvalue weighted by atomic mass is 10.2. The largest absolute Gasteiger partial charge is 0.397 e. The predicted molar refractivity (Wildman–Crippen MR) is 65.0 cm³/mol. The Morgan fingerprint density at radius 3 is 2.78 bits per heavy atom. The standard InChI is InChI=1S/C12H15F2N3O/c13-8-3-4-9(15)12(11(8)14)16-6-5-10(18)17-7-1-2-7/h3-4,7,16H,1-2,5-6,15H2,(H,17,18). The van der Waals surface area contributed by atoms with Gasteiger partial charge in [0.1, 0.15) is 0 Å². The Labute approximate surface area is 104 Å². The number of halogens is 2. The highest BCUT2D eigenvalue weighted by Gasteiger charge is 2.22. The lowest BCUT2D eigenvalue weighted by molar-refractivity contribution is -0.120. The predicted octanol–water partition coefficient (Wildman–Crippen LogP) is 1.63. The van der Waals surface area contributed by atoms with Crippen LogP contribution in [-0.2, 0) is 4.79 Å². The van der Waals surface area contributed by atoms with Crippen LogP contribution in [0.15, 0.2) is 12.1 Å². The number of carbonyl (C=O) groups excluding carboxylic acids is 1. The van der Waals surface area contributed by atoms with E-state index < -0.39 is 11.6 Å². The van der Waals surface area contributed by atoms with Gasteiger partial charge in [0.25, 0.3) is 0 Å². The third-order valence-corrected chi connectivity index (χ3v) is 2.72. The van der Waals surface area contributed by atoms with Crippen LogP contribution in [-0.4, -0.2) is 18.5 Å². The molecule has 0 saturated heterocycles. The molecule has 0 bridgehead atoms. The highest BCUT2D eigenvalue weighted by atomic mass is 19.2. The van der Waals surface area contributed by atoms with E-state index in [1.54, 1.807) is 0 Å². The smallest absolute Gasteiger partial charge is 0.221 e. The van der Waals surface area contributed by atoms with Gasteiger partial charge in [-0.15, -0.1) is 0 Å². The summed E-state index contributed by atoms with van der Waals surface area (Å²) in [5, 5.41) is 5.45. The fourth-order valence-electron chi connectivity index (χ4n) is 1.57. The number of nitrogens with two attached hydrogens (primary N) is 1. The third kappa shape index (κ3) is 3.09. The van der Waals surface area contributed by atoms with Gasteiger partial charge in [-0.1, -0.05) is 0 Å². The number of nitrogens with one attached hydrogen (secondary N) is 2. The van der Waals surface area contributed by atoms with Crippen molar-refractivity contribution < 1.29 is 13.6 Å². The van der Waals surface area contributed by atoms with E-state index in [4.69, 9.17) is 5.73 Å². The van der Waals surface area contributed by atoms with E-state index in [0.717, 1.165) is 18.9 Å². The second-order valence-electron chi connectivity index (χ2n) is 4.34. The first kappa shape index (κ1) is 12.6. The number of hydrogen-bond acceptors (Lipinski definition) is 3. The van der Waals surface area contributed by atoms with Crippen LogP contribution < -0.4 is 16.4 Å². The van der Waals surface area contributed by atoms with Crippen molar-refractivity contribution in [3.63, 3.8) is 0 Å². The van der Waals surface area contributed by atoms with Crippen molar-refractivity contribution in [2.45, 2.75) is 25.3 Å². The Balaban J connectivity index is 1.85. The number of rotatable bonds is 5. The number of hydrogen-bond donors (Lipinski definition) is 3. The zero-order valence-electron chi connectivity index (χ0n) is 9.80. The molecular formula is C12H15F2N3O. The number of benzene rings is 1. The summed E-state index contributed by atoms with van der Waals surface area (Å²) in [7, 11) is 0. The Hall–Kier alpha value is -1.85. The van der Waals surface area contributed by atoms with E-state index in [1.807, 2.05) is 0 Å². The molecular weight excluding hydrogens is 240 g/mol. The van der Waals surface area contributed by atoms with Gasteiger partial charge in [-0.25, -0.2) is 8.78 Å². The van der Waals surface area contributed by atoms with Gasteiger partial charge in [-0.05, 0) is 25.0 Å². The first-order valence-corrected chi connectivity index (χ1v) is 5.84. The van der Waals surface area contributed by atoms with Crippen molar-refractivity contribution >= 4 is 17.3 Å². The number of amides is 1. The number of anilines is 2. The molecule has 1 aromatic rings. The van der Waals surface area contributed by atoms with Crippen molar-refractivity contribution in [3.8, 4) is 0 Å². The quantitative estimate of drug-likeness (QED) is 0.700. The molecule has 18 heavy (non-hydrogen) atoms. The molecule has 1 aliphatic carbocycles. The summed E-state index contributed by atoms with van der Waals surface area (Å²) < 4.78 is 26.4. The molecule has 0 atom stereocenters. The van der Waals surface area contributed by atoms with Crippen LogP contribution in [0.5, 0.6) is 0 Å². The topological polar surface area (TPSA) is 67.1 Å². The molecule has 2 rings (SSSR count). The molecule has 0 aromatic heterocycles. The second-order valence-corrected chi connectivity index (χ2v) is 4.34. The van der Waals surface area contributed by atoms with Gasteiger partial charge in [0, 0.05) is 19.0 Å². The van der Waals surface area contributed by atoms with Gasteiger partial charge in [0.2, 0.25) is 5.91 Å². The second kappa shape index (κ2) is 5.20. The fourth-order valence-corrected chi connectivity index (χ4v) is 1.57. The Bertz CT molecular complexity index is 461. The summed E-state index contributed by atoms with van der Waals surface area (Å²) in [5.74, 6) is -2.08. The van der Waals surface area contributed by atoms with Crippen molar-refractivity contribution in [1.29, 1.82) is 0 Å². The maximum absolute atomic E-state index is 13.4. The maximum Gasteiger partial charge on any atom is 0.221 e. The molecule has 4 nitrogen and oxygen atoms in total. The molecule has 1 saturated carbocycles. The summed E-state index contributed by atoms with van der Waals surface area (Å²) in [6.07, 6.45) is 2.24. The Kier molecular flexibility index (Phi) is 3.64. The highest BCUT2D eigenvalue weighted by Crippen LogP contribution is 2.24.